The monoisotopic (exact) mass is 395 g/mol. The summed E-state index contributed by atoms with van der Waals surface area (Å²) in [7, 11) is 0. The molecule has 1 aliphatic rings. The first-order valence-electron chi connectivity index (χ1n) is 9.46. The molecule has 0 spiro atoms. The van der Waals surface area contributed by atoms with Gasteiger partial charge in [0.1, 0.15) is 11.4 Å². The van der Waals surface area contributed by atoms with Crippen molar-refractivity contribution in [3.05, 3.63) is 48.4 Å². The van der Waals surface area contributed by atoms with Crippen LogP contribution in [0, 0.1) is 0 Å². The van der Waals surface area contributed by atoms with Crippen molar-refractivity contribution in [1.29, 1.82) is 0 Å². The first kappa shape index (κ1) is 20.2. The largest absolute Gasteiger partial charge is 0.365 e. The van der Waals surface area contributed by atoms with Gasteiger partial charge in [0.05, 0.1) is 18.1 Å². The van der Waals surface area contributed by atoms with Gasteiger partial charge in [-0.05, 0) is 31.0 Å². The van der Waals surface area contributed by atoms with Gasteiger partial charge in [-0.25, -0.2) is 4.98 Å². The lowest BCUT2D eigenvalue weighted by Gasteiger charge is -2.14. The Bertz CT molecular complexity index is 968. The molecule has 0 aliphatic heterocycles. The number of hydrogen-bond acceptors (Lipinski definition) is 8. The van der Waals surface area contributed by atoms with Gasteiger partial charge in [0.2, 0.25) is 5.95 Å². The second-order valence-electron chi connectivity index (χ2n) is 6.53. The van der Waals surface area contributed by atoms with E-state index in [2.05, 4.69) is 30.8 Å². The number of carbonyl (C=O) groups is 1. The molecule has 0 saturated heterocycles. The number of primary amides is 1. The molecule has 0 atom stereocenters. The average molecular weight is 395 g/mol. The molecule has 1 saturated carbocycles. The lowest BCUT2D eigenvalue weighted by atomic mass is 10.2. The molecule has 6 N–H and O–H groups in total. The number of aromatic nitrogens is 5. The molecule has 1 fully saturated rings. The van der Waals surface area contributed by atoms with Crippen molar-refractivity contribution in [3.63, 3.8) is 0 Å². The molecule has 29 heavy (non-hydrogen) atoms. The number of hydrogen-bond donors (Lipinski definition) is 4. The van der Waals surface area contributed by atoms with Crippen LogP contribution < -0.4 is 22.1 Å². The van der Waals surface area contributed by atoms with E-state index in [9.17, 15) is 4.79 Å². The molecule has 1 aromatic carbocycles. The van der Waals surface area contributed by atoms with Crippen LogP contribution in [-0.2, 0) is 0 Å². The second kappa shape index (κ2) is 8.65. The van der Waals surface area contributed by atoms with E-state index in [-0.39, 0.29) is 11.1 Å². The van der Waals surface area contributed by atoms with E-state index in [1.807, 2.05) is 38.1 Å². The number of carbonyl (C=O) groups excluding carboxylic acids is 1. The number of nitrogens with one attached hydrogen (secondary N) is 2. The smallest absolute Gasteiger partial charge is 0.254 e. The number of amides is 1. The van der Waals surface area contributed by atoms with Crippen LogP contribution in [0.15, 0.2) is 42.9 Å². The van der Waals surface area contributed by atoms with Crippen LogP contribution in [0.1, 0.15) is 37.0 Å². The summed E-state index contributed by atoms with van der Waals surface area (Å²) in [6, 6.07) is 7.38. The molecule has 0 bridgehead atoms. The zero-order chi connectivity index (χ0) is 20.9. The molecule has 1 aliphatic carbocycles. The summed E-state index contributed by atoms with van der Waals surface area (Å²) in [5.41, 5.74) is 13.0. The number of benzene rings is 1. The Hall–Kier alpha value is -3.53. The standard InChI is InChI=1S/C17H19N9O.C2H6/c18-14(27)13-9-20-16(21-10-17(19)4-5-17)25-15(13)24-11-2-1-3-12(8-11)26-22-6-7-23-26;1-2/h1-3,6-9H,4-5,10,19H2,(H2,18,27)(H2,20,21,24,25);1-2H3. The van der Waals surface area contributed by atoms with Gasteiger partial charge in [0, 0.05) is 24.0 Å². The third-order valence-electron chi connectivity index (χ3n) is 4.30. The van der Waals surface area contributed by atoms with Gasteiger partial charge in [-0.3, -0.25) is 4.79 Å². The Labute approximate surface area is 168 Å². The fourth-order valence-corrected chi connectivity index (χ4v) is 2.53. The van der Waals surface area contributed by atoms with E-state index in [4.69, 9.17) is 11.5 Å². The Kier molecular flexibility index (Phi) is 6.03. The fraction of sp³-hybridized carbons (Fsp3) is 0.316. The van der Waals surface area contributed by atoms with Crippen LogP contribution in [0.5, 0.6) is 0 Å². The van der Waals surface area contributed by atoms with Crippen LogP contribution >= 0.6 is 0 Å². The predicted molar refractivity (Wildman–Crippen MR) is 111 cm³/mol. The normalized spacial score (nSPS) is 13.8. The lowest BCUT2D eigenvalue weighted by molar-refractivity contribution is 0.100. The zero-order valence-corrected chi connectivity index (χ0v) is 16.5. The molecule has 1 amide bonds. The minimum Gasteiger partial charge on any atom is -0.365 e. The minimum atomic E-state index is -0.619. The number of anilines is 3. The van der Waals surface area contributed by atoms with E-state index < -0.39 is 5.91 Å². The summed E-state index contributed by atoms with van der Waals surface area (Å²) < 4.78 is 0. The summed E-state index contributed by atoms with van der Waals surface area (Å²) in [6.07, 6.45) is 6.53. The minimum absolute atomic E-state index is 0.190. The number of nitrogens with zero attached hydrogens (tertiary/aromatic N) is 5. The van der Waals surface area contributed by atoms with Crippen LogP contribution in [-0.4, -0.2) is 43.0 Å². The highest BCUT2D eigenvalue weighted by atomic mass is 16.1. The van der Waals surface area contributed by atoms with Gasteiger partial charge < -0.3 is 22.1 Å². The van der Waals surface area contributed by atoms with E-state index in [1.165, 1.54) is 11.0 Å². The highest BCUT2D eigenvalue weighted by Crippen LogP contribution is 2.32. The van der Waals surface area contributed by atoms with Crippen LogP contribution in [0.4, 0.5) is 17.5 Å². The van der Waals surface area contributed by atoms with E-state index in [0.29, 0.717) is 24.0 Å². The van der Waals surface area contributed by atoms with E-state index in [1.54, 1.807) is 12.4 Å². The first-order valence-corrected chi connectivity index (χ1v) is 9.46. The quantitative estimate of drug-likeness (QED) is 0.473. The zero-order valence-electron chi connectivity index (χ0n) is 16.5. The molecular weight excluding hydrogens is 370 g/mol. The summed E-state index contributed by atoms with van der Waals surface area (Å²) >= 11 is 0. The molecule has 4 rings (SSSR count). The van der Waals surface area contributed by atoms with Gasteiger partial charge in [-0.1, -0.05) is 19.9 Å². The van der Waals surface area contributed by atoms with Gasteiger partial charge in [0.25, 0.3) is 5.91 Å². The maximum Gasteiger partial charge on any atom is 0.254 e. The van der Waals surface area contributed by atoms with Crippen molar-refractivity contribution in [1.82, 2.24) is 25.0 Å². The third-order valence-corrected chi connectivity index (χ3v) is 4.30. The van der Waals surface area contributed by atoms with Crippen molar-refractivity contribution in [2.75, 3.05) is 17.2 Å². The lowest BCUT2D eigenvalue weighted by Crippen LogP contribution is -2.31. The van der Waals surface area contributed by atoms with Crippen molar-refractivity contribution >= 4 is 23.4 Å². The summed E-state index contributed by atoms with van der Waals surface area (Å²) in [4.78, 5) is 21.8. The molecule has 10 nitrogen and oxygen atoms in total. The maximum absolute atomic E-state index is 11.7. The average Bonchev–Trinajstić information content (AvgIpc) is 3.23. The Balaban J connectivity index is 0.00000117. The van der Waals surface area contributed by atoms with Crippen molar-refractivity contribution < 1.29 is 4.79 Å². The molecule has 0 radical (unpaired) electrons. The maximum atomic E-state index is 11.7. The predicted octanol–water partition coefficient (Wildman–Crippen LogP) is 1.83. The molecule has 2 aromatic heterocycles. The molecule has 10 heteroatoms. The molecule has 152 valence electrons. The highest BCUT2D eigenvalue weighted by molar-refractivity contribution is 5.98. The summed E-state index contributed by atoms with van der Waals surface area (Å²) in [5, 5.41) is 14.4. The van der Waals surface area contributed by atoms with Crippen LogP contribution in [0.3, 0.4) is 0 Å². The topological polar surface area (TPSA) is 150 Å². The fourth-order valence-electron chi connectivity index (χ4n) is 2.53. The Morgan fingerprint density at radius 1 is 1.24 bits per heavy atom. The van der Waals surface area contributed by atoms with E-state index in [0.717, 1.165) is 18.5 Å². The highest BCUT2D eigenvalue weighted by Gasteiger charge is 2.38. The molecule has 3 aromatic rings. The third kappa shape index (κ3) is 5.05. The van der Waals surface area contributed by atoms with Crippen molar-refractivity contribution in [3.8, 4) is 5.69 Å². The summed E-state index contributed by atoms with van der Waals surface area (Å²) in [6.45, 7) is 4.57. The Morgan fingerprint density at radius 2 is 1.97 bits per heavy atom. The van der Waals surface area contributed by atoms with Crippen molar-refractivity contribution in [2.45, 2.75) is 32.2 Å². The van der Waals surface area contributed by atoms with Gasteiger partial charge >= 0.3 is 0 Å². The SMILES string of the molecule is CC.NC(=O)c1cnc(NCC2(N)CC2)nc1Nc1cccc(-n2nccn2)c1. The van der Waals surface area contributed by atoms with Crippen LogP contribution in [0.25, 0.3) is 5.69 Å². The van der Waals surface area contributed by atoms with Gasteiger partial charge in [0.15, 0.2) is 0 Å². The van der Waals surface area contributed by atoms with E-state index >= 15 is 0 Å². The van der Waals surface area contributed by atoms with Crippen molar-refractivity contribution in [2.24, 2.45) is 11.5 Å². The van der Waals surface area contributed by atoms with Crippen LogP contribution in [0.2, 0.25) is 0 Å². The molecule has 0 unspecified atom stereocenters. The summed E-state index contributed by atoms with van der Waals surface area (Å²) in [5.74, 6) is 0.0722. The number of nitrogens with two attached hydrogens (primary N) is 2. The Morgan fingerprint density at radius 3 is 2.62 bits per heavy atom. The molecular formula is C19H25N9O. The second-order valence-corrected chi connectivity index (χ2v) is 6.53. The molecule has 2 heterocycles. The number of rotatable bonds is 7. The first-order chi connectivity index (χ1) is 14.0. The van der Waals surface area contributed by atoms with Gasteiger partial charge in [-0.15, -0.1) is 0 Å². The van der Waals surface area contributed by atoms with Gasteiger partial charge in [-0.2, -0.15) is 20.0 Å².